The van der Waals surface area contributed by atoms with Crippen LogP contribution in [0.4, 0.5) is 0 Å². The predicted molar refractivity (Wildman–Crippen MR) is 120 cm³/mol. The first kappa shape index (κ1) is 20.5. The highest BCUT2D eigenvalue weighted by molar-refractivity contribution is 7.25. The highest BCUT2D eigenvalue weighted by Gasteiger charge is 2.20. The number of thiophene rings is 1. The second-order valence-electron chi connectivity index (χ2n) is 7.67. The van der Waals surface area contributed by atoms with Crippen LogP contribution in [0, 0.1) is 0 Å². The summed E-state index contributed by atoms with van der Waals surface area (Å²) >= 11 is 1.27. The van der Waals surface area contributed by atoms with Gasteiger partial charge in [-0.1, -0.05) is 18.6 Å². The average Bonchev–Trinajstić information content (AvgIpc) is 3.15. The van der Waals surface area contributed by atoms with E-state index >= 15 is 0 Å². The number of fused-ring (bicyclic) bond motifs is 3. The summed E-state index contributed by atoms with van der Waals surface area (Å²) in [6.45, 7) is 2.69. The maximum Gasteiger partial charge on any atom is 0.332 e. The number of nitrogens with zero attached hydrogens (tertiary/aromatic N) is 3. The topological polar surface area (TPSA) is 86.0 Å². The van der Waals surface area contributed by atoms with Crippen molar-refractivity contribution < 1.29 is 4.79 Å². The van der Waals surface area contributed by atoms with Crippen LogP contribution in [0.15, 0.2) is 39.6 Å². The van der Waals surface area contributed by atoms with E-state index < -0.39 is 5.69 Å². The lowest BCUT2D eigenvalue weighted by Gasteiger charge is -2.14. The van der Waals surface area contributed by atoms with Crippen molar-refractivity contribution in [3.8, 4) is 0 Å². The lowest BCUT2D eigenvalue weighted by Crippen LogP contribution is -2.42. The van der Waals surface area contributed by atoms with Crippen LogP contribution in [0.2, 0.25) is 0 Å². The molecule has 4 rings (SSSR count). The number of aromatic nitrogens is 3. The van der Waals surface area contributed by atoms with E-state index in [0.29, 0.717) is 34.6 Å². The molecule has 0 spiro atoms. The Kier molecular flexibility index (Phi) is 6.13. The molecule has 8 heteroatoms. The molecular formula is C22H26N4O3S. The van der Waals surface area contributed by atoms with Gasteiger partial charge in [-0.25, -0.2) is 9.78 Å². The molecule has 0 unspecified atom stereocenters. The molecule has 1 N–H and O–H groups in total. The Labute approximate surface area is 178 Å². The molecule has 0 saturated carbocycles. The minimum Gasteiger partial charge on any atom is -0.354 e. The minimum atomic E-state index is -0.442. The highest BCUT2D eigenvalue weighted by atomic mass is 32.1. The number of nitrogens with one attached hydrogen (secondary N) is 1. The van der Waals surface area contributed by atoms with Gasteiger partial charge >= 0.3 is 5.69 Å². The van der Waals surface area contributed by atoms with Gasteiger partial charge in [-0.3, -0.25) is 18.7 Å². The number of rotatable bonds is 7. The fourth-order valence-corrected chi connectivity index (χ4v) is 5.14. The summed E-state index contributed by atoms with van der Waals surface area (Å²) in [5.74, 6) is -0.222. The summed E-state index contributed by atoms with van der Waals surface area (Å²) in [4.78, 5) is 43.7. The third kappa shape index (κ3) is 3.96. The van der Waals surface area contributed by atoms with Crippen LogP contribution < -0.4 is 16.6 Å². The molecule has 158 valence electrons. The summed E-state index contributed by atoms with van der Waals surface area (Å²) in [6, 6.07) is 3.62. The molecule has 3 aromatic rings. The molecule has 3 aromatic heterocycles. The molecule has 0 saturated heterocycles. The van der Waals surface area contributed by atoms with Gasteiger partial charge in [0.05, 0.1) is 5.52 Å². The first-order valence-corrected chi connectivity index (χ1v) is 11.4. The van der Waals surface area contributed by atoms with Crippen LogP contribution in [-0.2, 0) is 17.9 Å². The van der Waals surface area contributed by atoms with Crippen molar-refractivity contribution in [3.05, 3.63) is 50.8 Å². The van der Waals surface area contributed by atoms with Crippen molar-refractivity contribution in [2.24, 2.45) is 0 Å². The fraction of sp³-hybridized carbons (Fsp3) is 0.455. The van der Waals surface area contributed by atoms with Crippen LogP contribution in [-0.4, -0.2) is 26.6 Å². The smallest absolute Gasteiger partial charge is 0.332 e. The summed E-state index contributed by atoms with van der Waals surface area (Å²) in [5, 5.41) is 3.67. The molecule has 0 fully saturated rings. The third-order valence-electron chi connectivity index (χ3n) is 5.51. The third-order valence-corrected chi connectivity index (χ3v) is 6.60. The number of hydrogen-bond donors (Lipinski definition) is 1. The Morgan fingerprint density at radius 1 is 1.27 bits per heavy atom. The maximum atomic E-state index is 13.1. The van der Waals surface area contributed by atoms with Gasteiger partial charge in [0.25, 0.3) is 5.56 Å². The first-order valence-electron chi connectivity index (χ1n) is 10.6. The zero-order valence-corrected chi connectivity index (χ0v) is 18.0. The molecule has 0 bridgehead atoms. The molecule has 0 aliphatic heterocycles. The zero-order chi connectivity index (χ0) is 21.1. The van der Waals surface area contributed by atoms with E-state index in [0.717, 1.165) is 24.6 Å². The van der Waals surface area contributed by atoms with Gasteiger partial charge in [-0.15, -0.1) is 11.3 Å². The normalized spacial score (nSPS) is 14.2. The predicted octanol–water partition coefficient (Wildman–Crippen LogP) is 3.19. The number of allylic oxidation sites excluding steroid dienone is 1. The van der Waals surface area contributed by atoms with Gasteiger partial charge in [0.15, 0.2) is 0 Å². The molecule has 1 amide bonds. The fourth-order valence-electron chi connectivity index (χ4n) is 4.04. The van der Waals surface area contributed by atoms with Gasteiger partial charge in [0.1, 0.15) is 16.1 Å². The average molecular weight is 427 g/mol. The van der Waals surface area contributed by atoms with Crippen molar-refractivity contribution in [2.75, 3.05) is 6.54 Å². The summed E-state index contributed by atoms with van der Waals surface area (Å²) in [5.41, 5.74) is 1.16. The molecule has 0 atom stereocenters. The van der Waals surface area contributed by atoms with Gasteiger partial charge in [0.2, 0.25) is 5.91 Å². The molecule has 0 radical (unpaired) electrons. The molecular weight excluding hydrogens is 400 g/mol. The van der Waals surface area contributed by atoms with Crippen molar-refractivity contribution in [1.82, 2.24) is 19.4 Å². The minimum absolute atomic E-state index is 0.112. The molecule has 30 heavy (non-hydrogen) atoms. The van der Waals surface area contributed by atoms with Crippen LogP contribution in [0.3, 0.4) is 0 Å². The van der Waals surface area contributed by atoms with E-state index in [-0.39, 0.29) is 18.0 Å². The van der Waals surface area contributed by atoms with Gasteiger partial charge in [0, 0.05) is 24.7 Å². The Morgan fingerprint density at radius 3 is 2.90 bits per heavy atom. The number of amides is 1. The van der Waals surface area contributed by atoms with Gasteiger partial charge in [-0.2, -0.15) is 0 Å². The standard InChI is InChI=1S/C22H26N4O3S/c1-2-13-25-21(28)19-18(16-9-6-11-24-20(16)30-19)26(22(25)29)14-17(27)23-12-10-15-7-4-3-5-8-15/h6-7,9,11H,2-5,8,10,12-14H2,1H3,(H,23,27). The first-order chi connectivity index (χ1) is 14.6. The Morgan fingerprint density at radius 2 is 2.13 bits per heavy atom. The SMILES string of the molecule is CCCn1c(=O)c2sc3ncccc3c2n(CC(=O)NCCC2=CCCCC2)c1=O. The van der Waals surface area contributed by atoms with Crippen molar-refractivity contribution in [1.29, 1.82) is 0 Å². The highest BCUT2D eigenvalue weighted by Crippen LogP contribution is 2.29. The summed E-state index contributed by atoms with van der Waals surface area (Å²) < 4.78 is 3.14. The molecule has 7 nitrogen and oxygen atoms in total. The van der Waals surface area contributed by atoms with Crippen LogP contribution in [0.1, 0.15) is 45.4 Å². The van der Waals surface area contributed by atoms with Crippen molar-refractivity contribution in [3.63, 3.8) is 0 Å². The quantitative estimate of drug-likeness (QED) is 0.588. The van der Waals surface area contributed by atoms with E-state index in [1.807, 2.05) is 13.0 Å². The zero-order valence-electron chi connectivity index (χ0n) is 17.1. The summed E-state index contributed by atoms with van der Waals surface area (Å²) in [7, 11) is 0. The molecule has 1 aliphatic carbocycles. The van der Waals surface area contributed by atoms with Crippen LogP contribution >= 0.6 is 11.3 Å². The van der Waals surface area contributed by atoms with Gasteiger partial charge < -0.3 is 5.32 Å². The lowest BCUT2D eigenvalue weighted by molar-refractivity contribution is -0.121. The van der Waals surface area contributed by atoms with E-state index in [4.69, 9.17) is 0 Å². The Balaban J connectivity index is 1.66. The van der Waals surface area contributed by atoms with E-state index in [1.165, 1.54) is 38.9 Å². The molecule has 0 aromatic carbocycles. The van der Waals surface area contributed by atoms with Crippen LogP contribution in [0.5, 0.6) is 0 Å². The monoisotopic (exact) mass is 426 g/mol. The number of pyridine rings is 1. The summed E-state index contributed by atoms with van der Waals surface area (Å²) in [6.07, 6.45) is 10.1. The second-order valence-corrected chi connectivity index (χ2v) is 8.67. The lowest BCUT2D eigenvalue weighted by atomic mass is 9.97. The molecule has 3 heterocycles. The Hall–Kier alpha value is -2.74. The van der Waals surface area contributed by atoms with Gasteiger partial charge in [-0.05, 0) is 50.7 Å². The van der Waals surface area contributed by atoms with Crippen LogP contribution in [0.25, 0.3) is 20.4 Å². The maximum absolute atomic E-state index is 13.1. The largest absolute Gasteiger partial charge is 0.354 e. The number of carbonyl (C=O) groups excluding carboxylic acids is 1. The Bertz CT molecular complexity index is 1230. The van der Waals surface area contributed by atoms with E-state index in [9.17, 15) is 14.4 Å². The number of hydrogen-bond acceptors (Lipinski definition) is 5. The van der Waals surface area contributed by atoms with Crippen molar-refractivity contribution in [2.45, 2.75) is 58.5 Å². The molecule has 1 aliphatic rings. The van der Waals surface area contributed by atoms with Crippen molar-refractivity contribution >= 4 is 37.7 Å². The van der Waals surface area contributed by atoms with E-state index in [1.54, 1.807) is 12.3 Å². The number of carbonyl (C=O) groups is 1. The van der Waals surface area contributed by atoms with E-state index in [2.05, 4.69) is 16.4 Å². The second kappa shape index (κ2) is 8.95.